The molecule has 2 saturated heterocycles. The lowest BCUT2D eigenvalue weighted by atomic mass is 9.67. The molecule has 5 heteroatoms. The van der Waals surface area contributed by atoms with Gasteiger partial charge in [0.2, 0.25) is 0 Å². The number of likely N-dealkylation sites (tertiary alicyclic amines) is 1. The van der Waals surface area contributed by atoms with Crippen molar-refractivity contribution < 1.29 is 5.11 Å². The molecule has 0 unspecified atom stereocenters. The molecule has 1 aromatic heterocycles. The third-order valence-electron chi connectivity index (χ3n) is 6.72. The summed E-state index contributed by atoms with van der Waals surface area (Å²) >= 11 is 0. The first-order chi connectivity index (χ1) is 11.7. The van der Waals surface area contributed by atoms with Crippen molar-refractivity contribution in [2.75, 3.05) is 26.2 Å². The van der Waals surface area contributed by atoms with Gasteiger partial charge in [-0.05, 0) is 63.5 Å². The Kier molecular flexibility index (Phi) is 4.83. The summed E-state index contributed by atoms with van der Waals surface area (Å²) in [5, 5.41) is 14.0. The number of aliphatic hydroxyl groups is 1. The molecule has 1 spiro atoms. The highest BCUT2D eigenvalue weighted by Crippen LogP contribution is 2.44. The molecule has 0 bridgehead atoms. The fourth-order valence-corrected chi connectivity index (χ4v) is 5.13. The fourth-order valence-electron chi connectivity index (χ4n) is 5.13. The summed E-state index contributed by atoms with van der Waals surface area (Å²) in [7, 11) is 0. The predicted molar refractivity (Wildman–Crippen MR) is 93.6 cm³/mol. The van der Waals surface area contributed by atoms with Crippen LogP contribution in [0.5, 0.6) is 0 Å². The van der Waals surface area contributed by atoms with Crippen LogP contribution in [0.1, 0.15) is 44.2 Å². The smallest absolute Gasteiger partial charge is 0.0711 e. The second-order valence-electron chi connectivity index (χ2n) is 8.16. The van der Waals surface area contributed by atoms with Crippen molar-refractivity contribution in [1.29, 1.82) is 0 Å². The zero-order valence-electron chi connectivity index (χ0n) is 14.5. The quantitative estimate of drug-likeness (QED) is 0.882. The van der Waals surface area contributed by atoms with Crippen molar-refractivity contribution >= 4 is 0 Å². The van der Waals surface area contributed by atoms with Gasteiger partial charge in [0.05, 0.1) is 11.8 Å². The van der Waals surface area contributed by atoms with Crippen LogP contribution in [0.2, 0.25) is 0 Å². The van der Waals surface area contributed by atoms with Crippen LogP contribution >= 0.6 is 0 Å². The summed E-state index contributed by atoms with van der Waals surface area (Å²) in [6.07, 6.45) is 14.0. The van der Waals surface area contributed by atoms with Gasteiger partial charge in [0.1, 0.15) is 0 Å². The standard InChI is InChI=1S/C19H30N4O/c24-18-14-23(13-15(18)11-16-12-21-9-10-22-16)17-1-3-19(4-2-17)5-7-20-8-6-19/h9-10,12,15,17-18,20,24H,1-8,11,13-14H2/t15-,18-/m1/s1. The Labute approximate surface area is 144 Å². The number of nitrogens with one attached hydrogen (secondary N) is 1. The predicted octanol–water partition coefficient (Wildman–Crippen LogP) is 1.62. The summed E-state index contributed by atoms with van der Waals surface area (Å²) in [5.41, 5.74) is 1.62. The second kappa shape index (κ2) is 7.06. The van der Waals surface area contributed by atoms with Crippen molar-refractivity contribution in [3.8, 4) is 0 Å². The molecule has 4 rings (SSSR count). The molecule has 1 aromatic rings. The Morgan fingerprint density at radius 2 is 1.92 bits per heavy atom. The Morgan fingerprint density at radius 3 is 2.62 bits per heavy atom. The largest absolute Gasteiger partial charge is 0.391 e. The molecule has 0 amide bonds. The van der Waals surface area contributed by atoms with E-state index in [1.807, 2.05) is 6.20 Å². The lowest BCUT2D eigenvalue weighted by Crippen LogP contribution is -2.44. The van der Waals surface area contributed by atoms with Crippen molar-refractivity contribution in [2.24, 2.45) is 11.3 Å². The molecule has 2 N–H and O–H groups in total. The molecule has 3 heterocycles. The molecule has 2 aliphatic heterocycles. The molecule has 0 radical (unpaired) electrons. The molecule has 132 valence electrons. The third-order valence-corrected chi connectivity index (χ3v) is 6.72. The van der Waals surface area contributed by atoms with E-state index in [1.165, 1.54) is 51.6 Å². The first-order valence-electron chi connectivity index (χ1n) is 9.62. The van der Waals surface area contributed by atoms with Crippen LogP contribution in [0.4, 0.5) is 0 Å². The van der Waals surface area contributed by atoms with E-state index in [1.54, 1.807) is 12.4 Å². The molecule has 1 saturated carbocycles. The minimum atomic E-state index is -0.221. The van der Waals surface area contributed by atoms with Gasteiger partial charge in [0.15, 0.2) is 0 Å². The second-order valence-corrected chi connectivity index (χ2v) is 8.16. The summed E-state index contributed by atoms with van der Waals surface area (Å²) in [6.45, 7) is 4.25. The maximum atomic E-state index is 10.5. The van der Waals surface area contributed by atoms with Gasteiger partial charge in [0, 0.05) is 43.6 Å². The van der Waals surface area contributed by atoms with E-state index in [2.05, 4.69) is 20.2 Å². The Balaban J connectivity index is 1.31. The van der Waals surface area contributed by atoms with Crippen LogP contribution < -0.4 is 5.32 Å². The number of rotatable bonds is 3. The molecule has 1 aliphatic carbocycles. The number of nitrogens with zero attached hydrogens (tertiary/aromatic N) is 3. The van der Waals surface area contributed by atoms with Crippen LogP contribution in [0.15, 0.2) is 18.6 Å². The van der Waals surface area contributed by atoms with Gasteiger partial charge in [0.25, 0.3) is 0 Å². The monoisotopic (exact) mass is 330 g/mol. The van der Waals surface area contributed by atoms with E-state index in [4.69, 9.17) is 0 Å². The SMILES string of the molecule is O[C@@H]1CN(C2CCC3(CCNCC3)CC2)C[C@H]1Cc1cnccn1. The average molecular weight is 330 g/mol. The Hall–Kier alpha value is -1.04. The molecule has 3 aliphatic rings. The molecule has 5 nitrogen and oxygen atoms in total. The molecular formula is C19H30N4O. The number of piperidine rings is 1. The molecule has 0 aromatic carbocycles. The fraction of sp³-hybridized carbons (Fsp3) is 0.789. The van der Waals surface area contributed by atoms with E-state index < -0.39 is 0 Å². The van der Waals surface area contributed by atoms with Crippen LogP contribution in [0.3, 0.4) is 0 Å². The van der Waals surface area contributed by atoms with Gasteiger partial charge < -0.3 is 10.4 Å². The van der Waals surface area contributed by atoms with Crippen LogP contribution in [0, 0.1) is 11.3 Å². The number of aliphatic hydroxyl groups excluding tert-OH is 1. The van der Waals surface area contributed by atoms with Crippen molar-refractivity contribution in [3.63, 3.8) is 0 Å². The van der Waals surface area contributed by atoms with E-state index in [0.717, 1.165) is 25.2 Å². The summed E-state index contributed by atoms with van der Waals surface area (Å²) < 4.78 is 0. The number of aromatic nitrogens is 2. The maximum absolute atomic E-state index is 10.5. The zero-order valence-corrected chi connectivity index (χ0v) is 14.5. The third kappa shape index (κ3) is 3.48. The highest BCUT2D eigenvalue weighted by atomic mass is 16.3. The Morgan fingerprint density at radius 1 is 1.12 bits per heavy atom. The van der Waals surface area contributed by atoms with Crippen LogP contribution in [-0.4, -0.2) is 58.3 Å². The summed E-state index contributed by atoms with van der Waals surface area (Å²) in [6, 6.07) is 0.673. The van der Waals surface area contributed by atoms with Gasteiger partial charge in [-0.1, -0.05) is 0 Å². The minimum absolute atomic E-state index is 0.221. The maximum Gasteiger partial charge on any atom is 0.0711 e. The van der Waals surface area contributed by atoms with Gasteiger partial charge >= 0.3 is 0 Å². The summed E-state index contributed by atoms with van der Waals surface area (Å²) in [5.74, 6) is 0.302. The van der Waals surface area contributed by atoms with Gasteiger partial charge in [-0.3, -0.25) is 14.9 Å². The van der Waals surface area contributed by atoms with Gasteiger partial charge in [-0.25, -0.2) is 0 Å². The lowest BCUT2D eigenvalue weighted by Gasteiger charge is -2.45. The van der Waals surface area contributed by atoms with Crippen LogP contribution in [-0.2, 0) is 6.42 Å². The number of hydrogen-bond acceptors (Lipinski definition) is 5. The average Bonchev–Trinajstić information content (AvgIpc) is 2.98. The molecule has 24 heavy (non-hydrogen) atoms. The van der Waals surface area contributed by atoms with Crippen LogP contribution in [0.25, 0.3) is 0 Å². The molecule has 3 fully saturated rings. The highest BCUT2D eigenvalue weighted by molar-refractivity contribution is 5.01. The first kappa shape index (κ1) is 16.4. The Bertz CT molecular complexity index is 521. The number of β-amino-alcohol motifs (C(OH)–C–C–N with tert-alkyl or cyclic N) is 1. The van der Waals surface area contributed by atoms with Crippen molar-refractivity contribution in [1.82, 2.24) is 20.2 Å². The molecule has 2 atom stereocenters. The van der Waals surface area contributed by atoms with E-state index in [0.29, 0.717) is 17.4 Å². The van der Waals surface area contributed by atoms with E-state index in [-0.39, 0.29) is 6.10 Å². The number of hydrogen-bond donors (Lipinski definition) is 2. The van der Waals surface area contributed by atoms with Crippen molar-refractivity contribution in [3.05, 3.63) is 24.3 Å². The zero-order chi connectivity index (χ0) is 16.4. The minimum Gasteiger partial charge on any atom is -0.391 e. The van der Waals surface area contributed by atoms with E-state index in [9.17, 15) is 5.11 Å². The topological polar surface area (TPSA) is 61.3 Å². The summed E-state index contributed by atoms with van der Waals surface area (Å²) in [4.78, 5) is 11.1. The van der Waals surface area contributed by atoms with Crippen molar-refractivity contribution in [2.45, 2.75) is 57.1 Å². The highest BCUT2D eigenvalue weighted by Gasteiger charge is 2.41. The van der Waals surface area contributed by atoms with Gasteiger partial charge in [-0.15, -0.1) is 0 Å². The lowest BCUT2D eigenvalue weighted by molar-refractivity contribution is 0.0688. The van der Waals surface area contributed by atoms with Gasteiger partial charge in [-0.2, -0.15) is 0 Å². The molecular weight excluding hydrogens is 300 g/mol. The van der Waals surface area contributed by atoms with E-state index >= 15 is 0 Å². The normalized spacial score (nSPS) is 31.5. The first-order valence-corrected chi connectivity index (χ1v) is 9.62.